The molecule has 0 aromatic heterocycles. The van der Waals surface area contributed by atoms with Crippen molar-refractivity contribution < 1.29 is 4.74 Å². The minimum Gasteiger partial charge on any atom is -0.457 e. The smallest absolute Gasteiger partial charge is 0.127 e. The van der Waals surface area contributed by atoms with E-state index in [1.807, 2.05) is 42.5 Å². The Balaban J connectivity index is 1.68. The Kier molecular flexibility index (Phi) is 3.51. The predicted molar refractivity (Wildman–Crippen MR) is 77.2 cm³/mol. The third kappa shape index (κ3) is 2.79. The third-order valence-electron chi connectivity index (χ3n) is 3.90. The summed E-state index contributed by atoms with van der Waals surface area (Å²) in [6.45, 7) is 0. The molecular weight excluding hydrogens is 234 g/mol. The number of para-hydroxylation sites is 1. The molecule has 0 heterocycles. The molecule has 0 bridgehead atoms. The molecule has 98 valence electrons. The van der Waals surface area contributed by atoms with E-state index in [0.29, 0.717) is 5.92 Å². The minimum atomic E-state index is 0.180. The van der Waals surface area contributed by atoms with Gasteiger partial charge in [-0.05, 0) is 48.6 Å². The second-order valence-electron chi connectivity index (χ2n) is 5.20. The maximum Gasteiger partial charge on any atom is 0.127 e. The summed E-state index contributed by atoms with van der Waals surface area (Å²) < 4.78 is 5.77. The zero-order valence-electron chi connectivity index (χ0n) is 11.0. The first kappa shape index (κ1) is 12.2. The summed E-state index contributed by atoms with van der Waals surface area (Å²) in [6, 6.07) is 18.2. The molecule has 2 nitrogen and oxygen atoms in total. The number of rotatable bonds is 4. The Morgan fingerprint density at radius 3 is 2.11 bits per heavy atom. The molecule has 19 heavy (non-hydrogen) atoms. The average molecular weight is 253 g/mol. The molecule has 2 N–H and O–H groups in total. The second-order valence-corrected chi connectivity index (χ2v) is 5.20. The van der Waals surface area contributed by atoms with Crippen LogP contribution in [0.4, 0.5) is 0 Å². The highest BCUT2D eigenvalue weighted by atomic mass is 16.5. The summed E-state index contributed by atoms with van der Waals surface area (Å²) in [4.78, 5) is 0. The number of hydrogen-bond donors (Lipinski definition) is 1. The number of ether oxygens (including phenoxy) is 1. The first-order valence-electron chi connectivity index (χ1n) is 6.91. The number of hydrogen-bond acceptors (Lipinski definition) is 2. The highest BCUT2D eigenvalue weighted by Crippen LogP contribution is 2.36. The molecule has 0 radical (unpaired) electrons. The Morgan fingerprint density at radius 2 is 1.53 bits per heavy atom. The van der Waals surface area contributed by atoms with E-state index in [4.69, 9.17) is 10.5 Å². The van der Waals surface area contributed by atoms with E-state index >= 15 is 0 Å². The lowest BCUT2D eigenvalue weighted by molar-refractivity contribution is 0.264. The van der Waals surface area contributed by atoms with Gasteiger partial charge >= 0.3 is 0 Å². The largest absolute Gasteiger partial charge is 0.457 e. The van der Waals surface area contributed by atoms with Gasteiger partial charge in [0.05, 0.1) is 0 Å². The topological polar surface area (TPSA) is 35.2 Å². The van der Waals surface area contributed by atoms with Crippen molar-refractivity contribution >= 4 is 0 Å². The van der Waals surface area contributed by atoms with Gasteiger partial charge in [-0.15, -0.1) is 0 Å². The first-order valence-corrected chi connectivity index (χ1v) is 6.91. The van der Waals surface area contributed by atoms with E-state index in [-0.39, 0.29) is 6.04 Å². The molecule has 1 saturated carbocycles. The van der Waals surface area contributed by atoms with E-state index in [0.717, 1.165) is 11.5 Å². The van der Waals surface area contributed by atoms with Crippen LogP contribution in [0.3, 0.4) is 0 Å². The Hall–Kier alpha value is -1.80. The summed E-state index contributed by atoms with van der Waals surface area (Å²) in [5.74, 6) is 2.38. The van der Waals surface area contributed by atoms with Gasteiger partial charge in [-0.3, -0.25) is 0 Å². The molecule has 3 rings (SSSR count). The zero-order chi connectivity index (χ0) is 13.1. The molecule has 0 spiro atoms. The van der Waals surface area contributed by atoms with Crippen molar-refractivity contribution in [1.29, 1.82) is 0 Å². The lowest BCUT2D eigenvalue weighted by Gasteiger charge is -2.31. The SMILES string of the molecule is N[C@@H](c1ccc(Oc2ccccc2)cc1)C1CCC1. The lowest BCUT2D eigenvalue weighted by atomic mass is 9.78. The first-order chi connectivity index (χ1) is 9.33. The van der Waals surface area contributed by atoms with Gasteiger partial charge in [-0.1, -0.05) is 36.8 Å². The van der Waals surface area contributed by atoms with E-state index in [1.54, 1.807) is 0 Å². The van der Waals surface area contributed by atoms with Crippen LogP contribution in [0.2, 0.25) is 0 Å². The van der Waals surface area contributed by atoms with Gasteiger partial charge in [0.2, 0.25) is 0 Å². The van der Waals surface area contributed by atoms with Gasteiger partial charge in [-0.2, -0.15) is 0 Å². The molecule has 1 atom stereocenters. The monoisotopic (exact) mass is 253 g/mol. The van der Waals surface area contributed by atoms with Crippen molar-refractivity contribution in [3.8, 4) is 11.5 Å². The standard InChI is InChI=1S/C17H19NO/c18-17(13-5-4-6-13)14-9-11-16(12-10-14)19-15-7-2-1-3-8-15/h1-3,7-13,17H,4-6,18H2/t17-/m1/s1. The predicted octanol–water partition coefficient (Wildman–Crippen LogP) is 4.28. The van der Waals surface area contributed by atoms with Crippen LogP contribution in [0.15, 0.2) is 54.6 Å². The molecule has 2 heteroatoms. The summed E-state index contributed by atoms with van der Waals surface area (Å²) >= 11 is 0. The average Bonchev–Trinajstić information content (AvgIpc) is 2.39. The summed E-state index contributed by atoms with van der Waals surface area (Å²) in [6.07, 6.45) is 3.86. The van der Waals surface area contributed by atoms with Gasteiger partial charge in [0.25, 0.3) is 0 Å². The highest BCUT2D eigenvalue weighted by molar-refractivity contribution is 5.34. The molecule has 2 aromatic rings. The Bertz CT molecular complexity index is 517. The third-order valence-corrected chi connectivity index (χ3v) is 3.90. The summed E-state index contributed by atoms with van der Waals surface area (Å²) in [5, 5.41) is 0. The van der Waals surface area contributed by atoms with E-state index in [1.165, 1.54) is 24.8 Å². The van der Waals surface area contributed by atoms with Crippen LogP contribution in [0, 0.1) is 5.92 Å². The summed E-state index contributed by atoms with van der Waals surface area (Å²) in [5.41, 5.74) is 7.48. The fourth-order valence-electron chi connectivity index (χ4n) is 2.45. The van der Waals surface area contributed by atoms with Crippen LogP contribution in [0.5, 0.6) is 11.5 Å². The van der Waals surface area contributed by atoms with Crippen LogP contribution < -0.4 is 10.5 Å². The van der Waals surface area contributed by atoms with Gasteiger partial charge in [0, 0.05) is 6.04 Å². The van der Waals surface area contributed by atoms with E-state index in [9.17, 15) is 0 Å². The maximum atomic E-state index is 6.26. The Labute approximate surface area is 114 Å². The molecule has 0 saturated heterocycles. The normalized spacial score (nSPS) is 16.7. The quantitative estimate of drug-likeness (QED) is 0.882. The zero-order valence-corrected chi connectivity index (χ0v) is 11.0. The van der Waals surface area contributed by atoms with Gasteiger partial charge < -0.3 is 10.5 Å². The number of benzene rings is 2. The highest BCUT2D eigenvalue weighted by Gasteiger charge is 2.25. The van der Waals surface area contributed by atoms with Crippen molar-refractivity contribution in [3.05, 3.63) is 60.2 Å². The molecule has 1 aliphatic rings. The van der Waals surface area contributed by atoms with Gasteiger partial charge in [-0.25, -0.2) is 0 Å². The lowest BCUT2D eigenvalue weighted by Crippen LogP contribution is -2.26. The van der Waals surface area contributed by atoms with Crippen LogP contribution >= 0.6 is 0 Å². The van der Waals surface area contributed by atoms with Crippen LogP contribution in [-0.2, 0) is 0 Å². The molecule has 0 aliphatic heterocycles. The summed E-state index contributed by atoms with van der Waals surface area (Å²) in [7, 11) is 0. The molecule has 0 unspecified atom stereocenters. The van der Waals surface area contributed by atoms with E-state index < -0.39 is 0 Å². The molecule has 1 fully saturated rings. The van der Waals surface area contributed by atoms with Crippen molar-refractivity contribution in [2.24, 2.45) is 11.7 Å². The molecule has 2 aromatic carbocycles. The molecule has 0 amide bonds. The number of nitrogens with two attached hydrogens (primary N) is 1. The fourth-order valence-corrected chi connectivity index (χ4v) is 2.45. The Morgan fingerprint density at radius 1 is 0.895 bits per heavy atom. The van der Waals surface area contributed by atoms with Crippen molar-refractivity contribution in [2.75, 3.05) is 0 Å². The maximum absolute atomic E-state index is 6.26. The fraction of sp³-hybridized carbons (Fsp3) is 0.294. The second kappa shape index (κ2) is 5.45. The molecule has 1 aliphatic carbocycles. The van der Waals surface area contributed by atoms with Crippen LogP contribution in [0.25, 0.3) is 0 Å². The molecular formula is C17H19NO. The minimum absolute atomic E-state index is 0.180. The van der Waals surface area contributed by atoms with Crippen LogP contribution in [0.1, 0.15) is 30.9 Å². The van der Waals surface area contributed by atoms with Gasteiger partial charge in [0.1, 0.15) is 11.5 Å². The van der Waals surface area contributed by atoms with E-state index in [2.05, 4.69) is 12.1 Å². The van der Waals surface area contributed by atoms with Crippen molar-refractivity contribution in [1.82, 2.24) is 0 Å². The van der Waals surface area contributed by atoms with Gasteiger partial charge in [0.15, 0.2) is 0 Å². The van der Waals surface area contributed by atoms with Crippen molar-refractivity contribution in [3.63, 3.8) is 0 Å². The van der Waals surface area contributed by atoms with Crippen LogP contribution in [-0.4, -0.2) is 0 Å². The van der Waals surface area contributed by atoms with Crippen molar-refractivity contribution in [2.45, 2.75) is 25.3 Å².